The summed E-state index contributed by atoms with van der Waals surface area (Å²) in [6.07, 6.45) is 9.22. The van der Waals surface area contributed by atoms with Gasteiger partial charge < -0.3 is 10.5 Å². The fourth-order valence-corrected chi connectivity index (χ4v) is 4.52. The molecule has 2 aliphatic rings. The summed E-state index contributed by atoms with van der Waals surface area (Å²) in [5.41, 5.74) is 10.5. The smallest absolute Gasteiger partial charge is 0.125 e. The van der Waals surface area contributed by atoms with E-state index in [1.54, 1.807) is 0 Å². The van der Waals surface area contributed by atoms with Crippen LogP contribution in [-0.4, -0.2) is 12.1 Å². The molecule has 0 heterocycles. The van der Waals surface area contributed by atoms with Gasteiger partial charge in [-0.05, 0) is 44.7 Å². The molecule has 3 rings (SSSR count). The minimum absolute atomic E-state index is 0.250. The van der Waals surface area contributed by atoms with Crippen LogP contribution in [0.4, 0.5) is 0 Å². The average molecular weight is 287 g/mol. The molecule has 21 heavy (non-hydrogen) atoms. The minimum Gasteiger partial charge on any atom is -0.489 e. The maximum Gasteiger partial charge on any atom is 0.125 e. The normalized spacial score (nSPS) is 28.0. The van der Waals surface area contributed by atoms with Gasteiger partial charge in [0.1, 0.15) is 11.9 Å². The van der Waals surface area contributed by atoms with Gasteiger partial charge in [-0.25, -0.2) is 0 Å². The van der Waals surface area contributed by atoms with E-state index >= 15 is 0 Å². The first kappa shape index (κ1) is 14.9. The first-order valence-corrected chi connectivity index (χ1v) is 8.53. The van der Waals surface area contributed by atoms with E-state index < -0.39 is 0 Å². The van der Waals surface area contributed by atoms with E-state index in [1.807, 2.05) is 0 Å². The maximum absolute atomic E-state index is 6.51. The summed E-state index contributed by atoms with van der Waals surface area (Å²) in [6, 6.07) is 4.79. The summed E-state index contributed by atoms with van der Waals surface area (Å²) >= 11 is 0. The van der Waals surface area contributed by atoms with Gasteiger partial charge in [0.05, 0.1) is 0 Å². The second-order valence-electron chi connectivity index (χ2n) is 7.32. The molecular formula is C19H29NO. The van der Waals surface area contributed by atoms with E-state index in [0.29, 0.717) is 12.1 Å². The summed E-state index contributed by atoms with van der Waals surface area (Å²) < 4.78 is 6.51. The summed E-state index contributed by atoms with van der Waals surface area (Å²) in [7, 11) is 0. The SMILES string of the molecule is Cc1cc(C)c(OC2CC(N)C23CCCCCC3)c(C)c1. The third-order valence-corrected chi connectivity index (χ3v) is 5.75. The monoisotopic (exact) mass is 287 g/mol. The van der Waals surface area contributed by atoms with Gasteiger partial charge in [-0.1, -0.05) is 43.4 Å². The zero-order valence-electron chi connectivity index (χ0n) is 13.7. The number of aryl methyl sites for hydroxylation is 3. The largest absolute Gasteiger partial charge is 0.489 e. The van der Waals surface area contributed by atoms with Gasteiger partial charge in [0, 0.05) is 17.9 Å². The van der Waals surface area contributed by atoms with Crippen LogP contribution in [0.5, 0.6) is 5.75 Å². The highest BCUT2D eigenvalue weighted by molar-refractivity contribution is 5.43. The second kappa shape index (κ2) is 5.64. The fraction of sp³-hybridized carbons (Fsp3) is 0.684. The van der Waals surface area contributed by atoms with E-state index in [-0.39, 0.29) is 5.41 Å². The summed E-state index contributed by atoms with van der Waals surface area (Å²) in [6.45, 7) is 6.47. The van der Waals surface area contributed by atoms with Gasteiger partial charge >= 0.3 is 0 Å². The van der Waals surface area contributed by atoms with Crippen molar-refractivity contribution >= 4 is 0 Å². The van der Waals surface area contributed by atoms with Crippen LogP contribution in [-0.2, 0) is 0 Å². The first-order chi connectivity index (χ1) is 10.0. The lowest BCUT2D eigenvalue weighted by Crippen LogP contribution is -2.63. The van der Waals surface area contributed by atoms with Gasteiger partial charge in [0.2, 0.25) is 0 Å². The van der Waals surface area contributed by atoms with Crippen LogP contribution in [0.2, 0.25) is 0 Å². The Labute approximate surface area is 129 Å². The van der Waals surface area contributed by atoms with Crippen LogP contribution in [0.15, 0.2) is 12.1 Å². The fourth-order valence-electron chi connectivity index (χ4n) is 4.52. The molecule has 2 N–H and O–H groups in total. The standard InChI is InChI=1S/C19H29NO/c1-13-10-14(2)18(15(3)11-13)21-17-12-16(20)19(17)8-6-4-5-7-9-19/h10-11,16-17H,4-9,12,20H2,1-3H3. The van der Waals surface area contributed by atoms with Gasteiger partial charge in [-0.2, -0.15) is 0 Å². The van der Waals surface area contributed by atoms with Crippen molar-refractivity contribution in [2.75, 3.05) is 0 Å². The topological polar surface area (TPSA) is 35.2 Å². The number of nitrogens with two attached hydrogens (primary N) is 1. The van der Waals surface area contributed by atoms with Crippen molar-refractivity contribution in [3.63, 3.8) is 0 Å². The molecule has 2 heteroatoms. The number of ether oxygens (including phenoxy) is 1. The number of rotatable bonds is 2. The van der Waals surface area contributed by atoms with Crippen molar-refractivity contribution in [3.05, 3.63) is 28.8 Å². The molecular weight excluding hydrogens is 258 g/mol. The molecule has 2 nitrogen and oxygen atoms in total. The molecule has 1 aromatic rings. The Bertz CT molecular complexity index is 491. The molecule has 2 saturated carbocycles. The van der Waals surface area contributed by atoms with E-state index in [9.17, 15) is 0 Å². The van der Waals surface area contributed by atoms with Gasteiger partial charge in [0.25, 0.3) is 0 Å². The van der Waals surface area contributed by atoms with Gasteiger partial charge in [-0.15, -0.1) is 0 Å². The summed E-state index contributed by atoms with van der Waals surface area (Å²) in [4.78, 5) is 0. The predicted molar refractivity (Wildman–Crippen MR) is 87.8 cm³/mol. The number of benzene rings is 1. The molecule has 0 aromatic heterocycles. The van der Waals surface area contributed by atoms with E-state index in [4.69, 9.17) is 10.5 Å². The molecule has 2 aliphatic carbocycles. The highest BCUT2D eigenvalue weighted by Gasteiger charge is 2.54. The molecule has 0 amide bonds. The highest BCUT2D eigenvalue weighted by Crippen LogP contribution is 2.52. The Balaban J connectivity index is 1.82. The highest BCUT2D eigenvalue weighted by atomic mass is 16.5. The van der Waals surface area contributed by atoms with Crippen LogP contribution in [0, 0.1) is 26.2 Å². The molecule has 0 saturated heterocycles. The third kappa shape index (κ3) is 2.59. The lowest BCUT2D eigenvalue weighted by atomic mass is 9.58. The maximum atomic E-state index is 6.51. The molecule has 2 unspecified atom stereocenters. The molecule has 2 atom stereocenters. The quantitative estimate of drug-likeness (QED) is 0.873. The van der Waals surface area contributed by atoms with Crippen LogP contribution in [0.1, 0.15) is 61.6 Å². The minimum atomic E-state index is 0.250. The Morgan fingerprint density at radius 1 is 1.00 bits per heavy atom. The lowest BCUT2D eigenvalue weighted by molar-refractivity contribution is -0.0775. The Hall–Kier alpha value is -1.02. The van der Waals surface area contributed by atoms with Crippen molar-refractivity contribution in [3.8, 4) is 5.75 Å². The van der Waals surface area contributed by atoms with Gasteiger partial charge in [-0.3, -0.25) is 0 Å². The molecule has 1 spiro atoms. The summed E-state index contributed by atoms with van der Waals surface area (Å²) in [5, 5.41) is 0. The number of hydrogen-bond acceptors (Lipinski definition) is 2. The van der Waals surface area contributed by atoms with Crippen molar-refractivity contribution in [1.82, 2.24) is 0 Å². The van der Waals surface area contributed by atoms with E-state index in [0.717, 1.165) is 12.2 Å². The lowest BCUT2D eigenvalue weighted by Gasteiger charge is -2.54. The zero-order chi connectivity index (χ0) is 15.0. The molecule has 1 aromatic carbocycles. The first-order valence-electron chi connectivity index (χ1n) is 8.53. The molecule has 0 bridgehead atoms. The van der Waals surface area contributed by atoms with Crippen LogP contribution >= 0.6 is 0 Å². The van der Waals surface area contributed by atoms with Gasteiger partial charge in [0.15, 0.2) is 0 Å². The Kier molecular flexibility index (Phi) is 4.00. The molecule has 0 aliphatic heterocycles. The molecule has 116 valence electrons. The second-order valence-corrected chi connectivity index (χ2v) is 7.32. The predicted octanol–water partition coefficient (Wildman–Crippen LogP) is 4.43. The van der Waals surface area contributed by atoms with E-state index in [2.05, 4.69) is 32.9 Å². The molecule has 0 radical (unpaired) electrons. The molecule has 2 fully saturated rings. The Morgan fingerprint density at radius 3 is 2.10 bits per heavy atom. The van der Waals surface area contributed by atoms with Crippen LogP contribution < -0.4 is 10.5 Å². The van der Waals surface area contributed by atoms with E-state index in [1.165, 1.54) is 55.2 Å². The number of hydrogen-bond donors (Lipinski definition) is 1. The van der Waals surface area contributed by atoms with Crippen molar-refractivity contribution < 1.29 is 4.74 Å². The zero-order valence-corrected chi connectivity index (χ0v) is 13.7. The van der Waals surface area contributed by atoms with Crippen LogP contribution in [0.3, 0.4) is 0 Å². The van der Waals surface area contributed by atoms with Crippen molar-refractivity contribution in [1.29, 1.82) is 0 Å². The average Bonchev–Trinajstić information content (AvgIpc) is 2.69. The summed E-state index contributed by atoms with van der Waals surface area (Å²) in [5.74, 6) is 1.10. The van der Waals surface area contributed by atoms with Crippen molar-refractivity contribution in [2.45, 2.75) is 77.9 Å². The van der Waals surface area contributed by atoms with Crippen LogP contribution in [0.25, 0.3) is 0 Å². The third-order valence-electron chi connectivity index (χ3n) is 5.75. The van der Waals surface area contributed by atoms with Crippen molar-refractivity contribution in [2.24, 2.45) is 11.1 Å². The Morgan fingerprint density at radius 2 is 1.57 bits per heavy atom.